The monoisotopic (exact) mass is 345 g/mol. The maximum absolute atomic E-state index is 13.5. The Hall–Kier alpha value is -2.73. The number of benzene rings is 2. The molecule has 1 heterocycles. The maximum atomic E-state index is 13.5. The summed E-state index contributed by atoms with van der Waals surface area (Å²) >= 11 is 6.08. The van der Waals surface area contributed by atoms with E-state index in [0.717, 1.165) is 0 Å². The Bertz CT molecular complexity index is 866. The number of carbonyl (C=O) groups is 1. The Morgan fingerprint density at radius 1 is 1.17 bits per heavy atom. The summed E-state index contributed by atoms with van der Waals surface area (Å²) < 4.78 is 18.6. The van der Waals surface area contributed by atoms with Crippen LogP contribution in [0.5, 0.6) is 0 Å². The summed E-state index contributed by atoms with van der Waals surface area (Å²) in [4.78, 5) is 16.1. The molecule has 24 heavy (non-hydrogen) atoms. The Balaban J connectivity index is 1.59. The average molecular weight is 346 g/mol. The van der Waals surface area contributed by atoms with E-state index in [4.69, 9.17) is 16.1 Å². The molecule has 0 bridgehead atoms. The third-order valence-electron chi connectivity index (χ3n) is 3.33. The van der Waals surface area contributed by atoms with E-state index in [1.807, 2.05) is 12.1 Å². The molecule has 1 amide bonds. The number of nitrogens with zero attached hydrogens (tertiary/aromatic N) is 2. The lowest BCUT2D eigenvalue weighted by molar-refractivity contribution is 0.0949. The minimum atomic E-state index is -0.561. The van der Waals surface area contributed by atoms with Crippen molar-refractivity contribution in [3.8, 4) is 11.4 Å². The van der Waals surface area contributed by atoms with Crippen molar-refractivity contribution in [2.24, 2.45) is 0 Å². The van der Waals surface area contributed by atoms with Crippen LogP contribution in [0.3, 0.4) is 0 Å². The number of rotatable bonds is 5. The van der Waals surface area contributed by atoms with Crippen molar-refractivity contribution >= 4 is 17.5 Å². The van der Waals surface area contributed by atoms with Crippen molar-refractivity contribution in [1.82, 2.24) is 15.5 Å². The first-order valence-corrected chi connectivity index (χ1v) is 7.63. The summed E-state index contributed by atoms with van der Waals surface area (Å²) in [5, 5.41) is 7.02. The zero-order valence-corrected chi connectivity index (χ0v) is 13.3. The molecule has 0 saturated heterocycles. The quantitative estimate of drug-likeness (QED) is 0.768. The molecular formula is C17H13ClFN3O2. The van der Waals surface area contributed by atoms with Gasteiger partial charge in [0.1, 0.15) is 5.82 Å². The van der Waals surface area contributed by atoms with Crippen molar-refractivity contribution in [2.75, 3.05) is 6.54 Å². The van der Waals surface area contributed by atoms with Crippen LogP contribution in [-0.2, 0) is 6.42 Å². The lowest BCUT2D eigenvalue weighted by Gasteiger charge is -2.04. The van der Waals surface area contributed by atoms with Gasteiger partial charge in [-0.25, -0.2) is 4.39 Å². The van der Waals surface area contributed by atoms with Gasteiger partial charge in [0.2, 0.25) is 11.7 Å². The molecule has 0 radical (unpaired) electrons. The van der Waals surface area contributed by atoms with Gasteiger partial charge in [0.25, 0.3) is 5.91 Å². The predicted molar refractivity (Wildman–Crippen MR) is 87.2 cm³/mol. The Kier molecular flexibility index (Phi) is 4.86. The van der Waals surface area contributed by atoms with Gasteiger partial charge in [0, 0.05) is 18.5 Å². The van der Waals surface area contributed by atoms with Crippen LogP contribution in [0.4, 0.5) is 4.39 Å². The lowest BCUT2D eigenvalue weighted by Crippen LogP contribution is -2.26. The molecule has 7 heteroatoms. The van der Waals surface area contributed by atoms with E-state index >= 15 is 0 Å². The molecule has 0 atom stereocenters. The van der Waals surface area contributed by atoms with Crippen molar-refractivity contribution in [2.45, 2.75) is 6.42 Å². The molecule has 0 saturated carbocycles. The van der Waals surface area contributed by atoms with Crippen LogP contribution >= 0.6 is 11.6 Å². The van der Waals surface area contributed by atoms with Crippen LogP contribution in [0, 0.1) is 5.82 Å². The maximum Gasteiger partial charge on any atom is 0.254 e. The van der Waals surface area contributed by atoms with E-state index in [0.29, 0.717) is 28.7 Å². The van der Waals surface area contributed by atoms with E-state index in [1.54, 1.807) is 18.2 Å². The van der Waals surface area contributed by atoms with Gasteiger partial charge in [-0.2, -0.15) is 4.98 Å². The highest BCUT2D eigenvalue weighted by Gasteiger charge is 2.13. The molecule has 0 fully saturated rings. The fourth-order valence-corrected chi connectivity index (χ4v) is 2.35. The molecular weight excluding hydrogens is 333 g/mol. The van der Waals surface area contributed by atoms with E-state index in [2.05, 4.69) is 15.5 Å². The fourth-order valence-electron chi connectivity index (χ4n) is 2.13. The molecule has 5 nitrogen and oxygen atoms in total. The molecule has 122 valence electrons. The van der Waals surface area contributed by atoms with Gasteiger partial charge in [0.15, 0.2) is 0 Å². The normalized spacial score (nSPS) is 10.6. The molecule has 0 aliphatic carbocycles. The number of aromatic nitrogens is 2. The number of hydrogen-bond acceptors (Lipinski definition) is 4. The zero-order chi connectivity index (χ0) is 16.9. The van der Waals surface area contributed by atoms with Crippen molar-refractivity contribution in [3.63, 3.8) is 0 Å². The molecule has 3 aromatic rings. The van der Waals surface area contributed by atoms with Crippen LogP contribution in [0.15, 0.2) is 53.1 Å². The molecule has 3 rings (SSSR count). The number of nitrogens with one attached hydrogen (secondary N) is 1. The largest absolute Gasteiger partial charge is 0.351 e. The highest BCUT2D eigenvalue weighted by molar-refractivity contribution is 6.33. The molecule has 0 aliphatic heterocycles. The Labute approximate surface area is 142 Å². The SMILES string of the molecule is O=C(NCCc1nc(-c2ccccc2Cl)no1)c1ccccc1F. The van der Waals surface area contributed by atoms with Gasteiger partial charge >= 0.3 is 0 Å². The van der Waals surface area contributed by atoms with E-state index in [9.17, 15) is 9.18 Å². The topological polar surface area (TPSA) is 68.0 Å². The van der Waals surface area contributed by atoms with Crippen LogP contribution in [0.2, 0.25) is 5.02 Å². The van der Waals surface area contributed by atoms with Crippen LogP contribution < -0.4 is 5.32 Å². The first kappa shape index (κ1) is 16.1. The van der Waals surface area contributed by atoms with Crippen molar-refractivity contribution < 1.29 is 13.7 Å². The second-order valence-electron chi connectivity index (χ2n) is 4.98. The molecule has 0 aliphatic rings. The summed E-state index contributed by atoms with van der Waals surface area (Å²) in [6.07, 6.45) is 0.331. The zero-order valence-electron chi connectivity index (χ0n) is 12.5. The summed E-state index contributed by atoms with van der Waals surface area (Å²) in [7, 11) is 0. The summed E-state index contributed by atoms with van der Waals surface area (Å²) in [6.45, 7) is 0.247. The van der Waals surface area contributed by atoms with Gasteiger partial charge in [0.05, 0.1) is 10.6 Å². The minimum Gasteiger partial charge on any atom is -0.351 e. The molecule has 0 unspecified atom stereocenters. The minimum absolute atomic E-state index is 0.000199. The van der Waals surface area contributed by atoms with Gasteiger partial charge in [-0.3, -0.25) is 4.79 Å². The number of carbonyl (C=O) groups excluding carboxylic acids is 1. The van der Waals surface area contributed by atoms with Crippen LogP contribution in [0.25, 0.3) is 11.4 Å². The van der Waals surface area contributed by atoms with Gasteiger partial charge in [-0.05, 0) is 24.3 Å². The molecule has 1 N–H and O–H groups in total. The van der Waals surface area contributed by atoms with Crippen molar-refractivity contribution in [3.05, 3.63) is 70.8 Å². The van der Waals surface area contributed by atoms with E-state index < -0.39 is 11.7 Å². The van der Waals surface area contributed by atoms with E-state index in [1.165, 1.54) is 18.2 Å². The smallest absolute Gasteiger partial charge is 0.254 e. The number of hydrogen-bond donors (Lipinski definition) is 1. The summed E-state index contributed by atoms with van der Waals surface area (Å²) in [5.41, 5.74) is 0.671. The first-order valence-electron chi connectivity index (χ1n) is 7.25. The predicted octanol–water partition coefficient (Wildman–Crippen LogP) is 3.50. The van der Waals surface area contributed by atoms with Gasteiger partial charge in [-0.1, -0.05) is 41.0 Å². The third kappa shape index (κ3) is 3.60. The average Bonchev–Trinajstić information content (AvgIpc) is 3.04. The van der Waals surface area contributed by atoms with Gasteiger partial charge < -0.3 is 9.84 Å². The second kappa shape index (κ2) is 7.23. The fraction of sp³-hybridized carbons (Fsp3) is 0.118. The summed E-state index contributed by atoms with van der Waals surface area (Å²) in [6, 6.07) is 13.0. The molecule has 2 aromatic carbocycles. The first-order chi connectivity index (χ1) is 11.6. The lowest BCUT2D eigenvalue weighted by atomic mass is 10.2. The highest BCUT2D eigenvalue weighted by atomic mass is 35.5. The van der Waals surface area contributed by atoms with Crippen LogP contribution in [-0.4, -0.2) is 22.6 Å². The van der Waals surface area contributed by atoms with Crippen LogP contribution in [0.1, 0.15) is 16.2 Å². The Morgan fingerprint density at radius 2 is 1.92 bits per heavy atom. The second-order valence-corrected chi connectivity index (χ2v) is 5.38. The molecule has 1 aromatic heterocycles. The molecule has 0 spiro atoms. The highest BCUT2D eigenvalue weighted by Crippen LogP contribution is 2.24. The number of amides is 1. The third-order valence-corrected chi connectivity index (χ3v) is 3.66. The van der Waals surface area contributed by atoms with E-state index in [-0.39, 0.29) is 12.1 Å². The standard InChI is InChI=1S/C17H13ClFN3O2/c18-13-7-3-1-5-11(13)16-21-15(24-22-16)9-10-20-17(23)12-6-2-4-8-14(12)19/h1-8H,9-10H2,(H,20,23). The van der Waals surface area contributed by atoms with Gasteiger partial charge in [-0.15, -0.1) is 0 Å². The Morgan fingerprint density at radius 3 is 2.71 bits per heavy atom. The summed E-state index contributed by atoms with van der Waals surface area (Å²) in [5.74, 6) is -0.303. The number of halogens is 2. The van der Waals surface area contributed by atoms with Crippen molar-refractivity contribution in [1.29, 1.82) is 0 Å².